The molecular weight excluding hydrogens is 226 g/mol. The van der Waals surface area contributed by atoms with E-state index in [0.29, 0.717) is 17.8 Å². The summed E-state index contributed by atoms with van der Waals surface area (Å²) in [7, 11) is 0. The molecule has 1 aromatic heterocycles. The second-order valence-electron chi connectivity index (χ2n) is 4.58. The number of aryl methyl sites for hydroxylation is 1. The second kappa shape index (κ2) is 4.60. The van der Waals surface area contributed by atoms with Crippen LogP contribution >= 0.6 is 0 Å². The van der Waals surface area contributed by atoms with Crippen LogP contribution in [0, 0.1) is 6.92 Å². The lowest BCUT2D eigenvalue weighted by Crippen LogP contribution is -2.07. The van der Waals surface area contributed by atoms with Crippen molar-refractivity contribution in [1.82, 2.24) is 15.2 Å². The average molecular weight is 241 g/mol. The number of rotatable bonds is 4. The Hall–Kier alpha value is -2.17. The van der Waals surface area contributed by atoms with E-state index in [1.807, 2.05) is 12.1 Å². The van der Waals surface area contributed by atoms with E-state index in [2.05, 4.69) is 44.9 Å². The van der Waals surface area contributed by atoms with Crippen molar-refractivity contribution in [2.75, 3.05) is 10.6 Å². The Morgan fingerprint density at radius 1 is 1.28 bits per heavy atom. The van der Waals surface area contributed by atoms with Crippen molar-refractivity contribution in [2.45, 2.75) is 25.8 Å². The van der Waals surface area contributed by atoms with Gasteiger partial charge in [0, 0.05) is 11.7 Å². The van der Waals surface area contributed by atoms with Gasteiger partial charge in [0.25, 0.3) is 0 Å². The third-order valence-electron chi connectivity index (χ3n) is 2.76. The maximum atomic E-state index is 4.38. The van der Waals surface area contributed by atoms with E-state index >= 15 is 0 Å². The molecule has 1 aromatic carbocycles. The first kappa shape index (κ1) is 11.0. The van der Waals surface area contributed by atoms with Crippen LogP contribution in [0.5, 0.6) is 0 Å². The summed E-state index contributed by atoms with van der Waals surface area (Å²) in [6.45, 7) is 2.06. The van der Waals surface area contributed by atoms with Gasteiger partial charge < -0.3 is 10.6 Å². The lowest BCUT2D eigenvalue weighted by Gasteiger charge is -2.07. The number of hydrogen-bond acceptors (Lipinski definition) is 5. The minimum absolute atomic E-state index is 0.529. The van der Waals surface area contributed by atoms with E-state index in [1.165, 1.54) is 18.4 Å². The fourth-order valence-corrected chi connectivity index (χ4v) is 1.71. The van der Waals surface area contributed by atoms with Crippen LogP contribution in [0.2, 0.25) is 0 Å². The molecule has 1 saturated carbocycles. The van der Waals surface area contributed by atoms with Crippen molar-refractivity contribution in [3.05, 3.63) is 36.0 Å². The van der Waals surface area contributed by atoms with Crippen LogP contribution in [0.15, 0.2) is 30.5 Å². The molecule has 0 aliphatic heterocycles. The molecule has 5 heteroatoms. The monoisotopic (exact) mass is 241 g/mol. The second-order valence-corrected chi connectivity index (χ2v) is 4.58. The summed E-state index contributed by atoms with van der Waals surface area (Å²) in [6, 6.07) is 8.67. The Balaban J connectivity index is 1.75. The van der Waals surface area contributed by atoms with Gasteiger partial charge in [0.1, 0.15) is 0 Å². The van der Waals surface area contributed by atoms with E-state index in [9.17, 15) is 0 Å². The van der Waals surface area contributed by atoms with Gasteiger partial charge in [-0.1, -0.05) is 12.1 Å². The van der Waals surface area contributed by atoms with Crippen molar-refractivity contribution in [1.29, 1.82) is 0 Å². The molecule has 5 nitrogen and oxygen atoms in total. The molecule has 0 spiro atoms. The van der Waals surface area contributed by atoms with Crippen molar-refractivity contribution >= 4 is 17.5 Å². The van der Waals surface area contributed by atoms with Crippen LogP contribution in [0.25, 0.3) is 0 Å². The standard InChI is InChI=1S/C13H15N5/c1-9-3-2-4-11(7-9)15-12-8-14-18-13(17-12)16-10-5-6-10/h2-4,7-8,10H,5-6H2,1H3,(H2,15,16,17,18). The van der Waals surface area contributed by atoms with Gasteiger partial charge in [0.15, 0.2) is 5.82 Å². The van der Waals surface area contributed by atoms with E-state index in [4.69, 9.17) is 0 Å². The Morgan fingerprint density at radius 3 is 2.94 bits per heavy atom. The number of nitrogens with zero attached hydrogens (tertiary/aromatic N) is 3. The summed E-state index contributed by atoms with van der Waals surface area (Å²) in [5, 5.41) is 14.4. The third kappa shape index (κ3) is 2.74. The van der Waals surface area contributed by atoms with E-state index in [-0.39, 0.29) is 0 Å². The number of aromatic nitrogens is 3. The topological polar surface area (TPSA) is 62.7 Å². The Morgan fingerprint density at radius 2 is 2.17 bits per heavy atom. The number of anilines is 3. The van der Waals surface area contributed by atoms with Crippen molar-refractivity contribution in [3.8, 4) is 0 Å². The Kier molecular flexibility index (Phi) is 2.80. The van der Waals surface area contributed by atoms with Crippen LogP contribution < -0.4 is 10.6 Å². The smallest absolute Gasteiger partial charge is 0.244 e. The maximum Gasteiger partial charge on any atom is 0.244 e. The molecule has 0 atom stereocenters. The fraction of sp³-hybridized carbons (Fsp3) is 0.308. The Bertz CT molecular complexity index is 551. The highest BCUT2D eigenvalue weighted by Gasteiger charge is 2.22. The first-order chi connectivity index (χ1) is 8.79. The molecule has 0 unspecified atom stereocenters. The summed E-state index contributed by atoms with van der Waals surface area (Å²) < 4.78 is 0. The quantitative estimate of drug-likeness (QED) is 0.861. The molecule has 0 amide bonds. The molecule has 18 heavy (non-hydrogen) atoms. The zero-order chi connectivity index (χ0) is 12.4. The predicted octanol–water partition coefficient (Wildman–Crippen LogP) is 2.50. The van der Waals surface area contributed by atoms with Gasteiger partial charge in [-0.25, -0.2) is 0 Å². The van der Waals surface area contributed by atoms with Gasteiger partial charge in [-0.15, -0.1) is 5.10 Å². The largest absolute Gasteiger partial charge is 0.350 e. The van der Waals surface area contributed by atoms with E-state index in [1.54, 1.807) is 6.20 Å². The summed E-state index contributed by atoms with van der Waals surface area (Å²) in [6.07, 6.45) is 4.01. The molecule has 0 saturated heterocycles. The van der Waals surface area contributed by atoms with E-state index < -0.39 is 0 Å². The number of nitrogens with one attached hydrogen (secondary N) is 2. The molecule has 3 rings (SSSR count). The molecule has 0 radical (unpaired) electrons. The molecule has 1 fully saturated rings. The highest BCUT2D eigenvalue weighted by Crippen LogP contribution is 2.23. The predicted molar refractivity (Wildman–Crippen MR) is 70.9 cm³/mol. The summed E-state index contributed by atoms with van der Waals surface area (Å²) in [4.78, 5) is 4.38. The summed E-state index contributed by atoms with van der Waals surface area (Å²) in [5.74, 6) is 1.30. The molecule has 1 heterocycles. The first-order valence-electron chi connectivity index (χ1n) is 6.09. The van der Waals surface area contributed by atoms with Gasteiger partial charge in [-0.3, -0.25) is 0 Å². The van der Waals surface area contributed by atoms with Crippen LogP contribution in [-0.2, 0) is 0 Å². The van der Waals surface area contributed by atoms with Crippen molar-refractivity contribution < 1.29 is 0 Å². The summed E-state index contributed by atoms with van der Waals surface area (Å²) in [5.41, 5.74) is 2.21. The van der Waals surface area contributed by atoms with Gasteiger partial charge in [0.05, 0.1) is 6.20 Å². The third-order valence-corrected chi connectivity index (χ3v) is 2.76. The SMILES string of the molecule is Cc1cccc(Nc2cnnc(NC3CC3)n2)c1. The molecule has 2 aromatic rings. The molecule has 1 aliphatic carbocycles. The minimum Gasteiger partial charge on any atom is -0.350 e. The molecule has 2 N–H and O–H groups in total. The Labute approximate surface area is 106 Å². The van der Waals surface area contributed by atoms with Gasteiger partial charge in [-0.2, -0.15) is 10.1 Å². The van der Waals surface area contributed by atoms with Crippen LogP contribution in [-0.4, -0.2) is 21.2 Å². The summed E-state index contributed by atoms with van der Waals surface area (Å²) >= 11 is 0. The normalized spacial score (nSPS) is 14.3. The fourth-order valence-electron chi connectivity index (χ4n) is 1.71. The van der Waals surface area contributed by atoms with Gasteiger partial charge >= 0.3 is 0 Å². The van der Waals surface area contributed by atoms with Gasteiger partial charge in [-0.05, 0) is 37.5 Å². The maximum absolute atomic E-state index is 4.38. The van der Waals surface area contributed by atoms with E-state index in [0.717, 1.165) is 5.69 Å². The average Bonchev–Trinajstić information content (AvgIpc) is 3.13. The van der Waals surface area contributed by atoms with Crippen LogP contribution in [0.1, 0.15) is 18.4 Å². The zero-order valence-electron chi connectivity index (χ0n) is 10.2. The first-order valence-corrected chi connectivity index (χ1v) is 6.09. The minimum atomic E-state index is 0.529. The molecule has 1 aliphatic rings. The lowest BCUT2D eigenvalue weighted by molar-refractivity contribution is 0.947. The van der Waals surface area contributed by atoms with Crippen LogP contribution in [0.3, 0.4) is 0 Å². The zero-order valence-corrected chi connectivity index (χ0v) is 10.2. The van der Waals surface area contributed by atoms with Crippen molar-refractivity contribution in [2.24, 2.45) is 0 Å². The number of benzene rings is 1. The van der Waals surface area contributed by atoms with Gasteiger partial charge in [0.2, 0.25) is 5.95 Å². The number of hydrogen-bond donors (Lipinski definition) is 2. The molecule has 92 valence electrons. The highest BCUT2D eigenvalue weighted by atomic mass is 15.3. The van der Waals surface area contributed by atoms with Crippen molar-refractivity contribution in [3.63, 3.8) is 0 Å². The molecular formula is C13H15N5. The molecule has 0 bridgehead atoms. The lowest BCUT2D eigenvalue weighted by atomic mass is 10.2. The highest BCUT2D eigenvalue weighted by molar-refractivity contribution is 5.56. The van der Waals surface area contributed by atoms with Crippen LogP contribution in [0.4, 0.5) is 17.5 Å².